The highest BCUT2D eigenvalue weighted by Gasteiger charge is 2.30. The van der Waals surface area contributed by atoms with Crippen LogP contribution in [0.4, 0.5) is 11.4 Å². The molecule has 2 atom stereocenters. The highest BCUT2D eigenvalue weighted by molar-refractivity contribution is 9.10. The fourth-order valence-electron chi connectivity index (χ4n) is 3.27. The minimum Gasteiger partial charge on any atom is -0.321 e. The molecule has 30 heavy (non-hydrogen) atoms. The summed E-state index contributed by atoms with van der Waals surface area (Å²) in [6.45, 7) is 2.14. The van der Waals surface area contributed by atoms with Gasteiger partial charge in [0.25, 0.3) is 11.8 Å². The van der Waals surface area contributed by atoms with Crippen LogP contribution in [0, 0.1) is 6.92 Å². The van der Waals surface area contributed by atoms with Gasteiger partial charge in [0.2, 0.25) is 0 Å². The number of carbonyl (C=O) groups is 2. The number of hydrogen-bond donors (Lipinski definition) is 3. The number of aryl methyl sites for hydroxylation is 1. The topological polar surface area (TPSA) is 62.6 Å². The average Bonchev–Trinajstić information content (AvgIpc) is 2.72. The van der Waals surface area contributed by atoms with Crippen molar-refractivity contribution in [3.05, 3.63) is 94.5 Å². The Morgan fingerprint density at radius 1 is 0.900 bits per heavy atom. The number of para-hydroxylation sites is 1. The Morgan fingerprint density at radius 2 is 1.53 bits per heavy atom. The highest BCUT2D eigenvalue weighted by Crippen LogP contribution is 2.21. The van der Waals surface area contributed by atoms with E-state index < -0.39 is 6.04 Å². The van der Waals surface area contributed by atoms with Gasteiger partial charge in [0.15, 0.2) is 12.6 Å². The molecular formula is C24H25BrN3O2+. The van der Waals surface area contributed by atoms with E-state index in [1.165, 1.54) is 0 Å². The first-order valence-electron chi connectivity index (χ1n) is 9.73. The van der Waals surface area contributed by atoms with Crippen molar-refractivity contribution in [2.24, 2.45) is 0 Å². The van der Waals surface area contributed by atoms with Gasteiger partial charge < -0.3 is 15.5 Å². The predicted octanol–water partition coefficient (Wildman–Crippen LogP) is 3.59. The monoisotopic (exact) mass is 466 g/mol. The lowest BCUT2D eigenvalue weighted by atomic mass is 10.0. The minimum atomic E-state index is -0.530. The number of anilines is 2. The van der Waals surface area contributed by atoms with E-state index >= 15 is 0 Å². The van der Waals surface area contributed by atoms with Gasteiger partial charge in [0, 0.05) is 15.7 Å². The number of halogens is 1. The Balaban J connectivity index is 1.76. The molecule has 0 radical (unpaired) electrons. The van der Waals surface area contributed by atoms with Crippen molar-refractivity contribution >= 4 is 39.1 Å². The second-order valence-electron chi connectivity index (χ2n) is 7.25. The standard InChI is InChI=1S/C24H24BrN3O2/c1-17-12-14-19(15-13-17)26-24(30)23(18-8-4-3-5-9-18)28(2)16-22(29)27-21-11-7-6-10-20(21)25/h3-15,23H,16H2,1-2H3,(H,26,30)(H,27,29)/p+1/t23-/m0/s1. The first-order valence-corrected chi connectivity index (χ1v) is 10.5. The van der Waals surface area contributed by atoms with Crippen LogP contribution >= 0.6 is 15.9 Å². The number of likely N-dealkylation sites (N-methyl/N-ethyl adjacent to an activating group) is 1. The highest BCUT2D eigenvalue weighted by atomic mass is 79.9. The van der Waals surface area contributed by atoms with E-state index in [1.54, 1.807) is 0 Å². The second-order valence-corrected chi connectivity index (χ2v) is 8.10. The summed E-state index contributed by atoms with van der Waals surface area (Å²) in [6, 6.07) is 24.1. The quantitative estimate of drug-likeness (QED) is 0.498. The van der Waals surface area contributed by atoms with E-state index in [9.17, 15) is 9.59 Å². The van der Waals surface area contributed by atoms with E-state index in [4.69, 9.17) is 0 Å². The first kappa shape index (κ1) is 21.7. The van der Waals surface area contributed by atoms with Crippen LogP contribution in [-0.4, -0.2) is 25.4 Å². The van der Waals surface area contributed by atoms with Gasteiger partial charge in [-0.25, -0.2) is 0 Å². The molecule has 1 unspecified atom stereocenters. The van der Waals surface area contributed by atoms with Crippen molar-refractivity contribution in [3.8, 4) is 0 Å². The van der Waals surface area contributed by atoms with Crippen molar-refractivity contribution in [2.75, 3.05) is 24.2 Å². The maximum Gasteiger partial charge on any atom is 0.287 e. The van der Waals surface area contributed by atoms with Crippen molar-refractivity contribution in [1.82, 2.24) is 0 Å². The molecule has 0 aliphatic rings. The van der Waals surface area contributed by atoms with Gasteiger partial charge in [-0.05, 0) is 47.1 Å². The lowest BCUT2D eigenvalue weighted by Crippen LogP contribution is -3.11. The molecule has 0 saturated carbocycles. The molecule has 0 heterocycles. The summed E-state index contributed by atoms with van der Waals surface area (Å²) in [4.78, 5) is 26.6. The summed E-state index contributed by atoms with van der Waals surface area (Å²) in [6.07, 6.45) is 0. The molecule has 3 aromatic rings. The van der Waals surface area contributed by atoms with Gasteiger partial charge >= 0.3 is 0 Å². The summed E-state index contributed by atoms with van der Waals surface area (Å²) in [7, 11) is 1.85. The molecule has 6 heteroatoms. The van der Waals surface area contributed by atoms with E-state index in [0.29, 0.717) is 5.69 Å². The van der Waals surface area contributed by atoms with Gasteiger partial charge in [-0.15, -0.1) is 0 Å². The number of amides is 2. The predicted molar refractivity (Wildman–Crippen MR) is 124 cm³/mol. The molecule has 0 aliphatic heterocycles. The number of nitrogens with one attached hydrogen (secondary N) is 3. The van der Waals surface area contributed by atoms with E-state index in [1.807, 2.05) is 92.8 Å². The minimum absolute atomic E-state index is 0.141. The van der Waals surface area contributed by atoms with Crippen molar-refractivity contribution in [2.45, 2.75) is 13.0 Å². The largest absolute Gasteiger partial charge is 0.321 e. The smallest absolute Gasteiger partial charge is 0.287 e. The molecule has 154 valence electrons. The van der Waals surface area contributed by atoms with Gasteiger partial charge in [-0.1, -0.05) is 60.2 Å². The Labute approximate surface area is 185 Å². The number of quaternary nitrogens is 1. The van der Waals surface area contributed by atoms with Gasteiger partial charge in [-0.3, -0.25) is 9.59 Å². The third kappa shape index (κ3) is 5.78. The van der Waals surface area contributed by atoms with Crippen molar-refractivity contribution in [3.63, 3.8) is 0 Å². The molecule has 2 amide bonds. The van der Waals surface area contributed by atoms with Crippen LogP contribution in [-0.2, 0) is 9.59 Å². The summed E-state index contributed by atoms with van der Waals surface area (Å²) in [5.74, 6) is -0.320. The van der Waals surface area contributed by atoms with E-state index in [0.717, 1.165) is 26.2 Å². The summed E-state index contributed by atoms with van der Waals surface area (Å²) in [5.41, 5.74) is 3.42. The maximum atomic E-state index is 13.2. The molecule has 0 bridgehead atoms. The Bertz CT molecular complexity index is 1010. The number of carbonyl (C=O) groups excluding carboxylic acids is 2. The van der Waals surface area contributed by atoms with Crippen LogP contribution in [0.2, 0.25) is 0 Å². The van der Waals surface area contributed by atoms with E-state index in [-0.39, 0.29) is 18.4 Å². The fraction of sp³-hybridized carbons (Fsp3) is 0.167. The van der Waals surface area contributed by atoms with E-state index in [2.05, 4.69) is 26.6 Å². The van der Waals surface area contributed by atoms with Crippen LogP contribution in [0.3, 0.4) is 0 Å². The van der Waals surface area contributed by atoms with Gasteiger partial charge in [-0.2, -0.15) is 0 Å². The molecule has 3 rings (SSSR count). The van der Waals surface area contributed by atoms with Crippen LogP contribution in [0.1, 0.15) is 17.2 Å². The molecular weight excluding hydrogens is 442 g/mol. The SMILES string of the molecule is Cc1ccc(NC(=O)[C@H](c2ccccc2)[NH+](C)CC(=O)Nc2ccccc2Br)cc1. The summed E-state index contributed by atoms with van der Waals surface area (Å²) < 4.78 is 0.813. The zero-order chi connectivity index (χ0) is 21.5. The zero-order valence-corrected chi connectivity index (χ0v) is 18.6. The Hall–Kier alpha value is -2.96. The zero-order valence-electron chi connectivity index (χ0n) is 17.0. The summed E-state index contributed by atoms with van der Waals surface area (Å²) in [5, 5.41) is 5.89. The van der Waals surface area contributed by atoms with Crippen LogP contribution in [0.15, 0.2) is 83.3 Å². The molecule has 0 spiro atoms. The Morgan fingerprint density at radius 3 is 2.20 bits per heavy atom. The van der Waals surface area contributed by atoms with Crippen molar-refractivity contribution in [1.29, 1.82) is 0 Å². The first-order chi connectivity index (χ1) is 14.4. The molecule has 0 aromatic heterocycles. The fourth-order valence-corrected chi connectivity index (χ4v) is 3.65. The molecule has 5 nitrogen and oxygen atoms in total. The molecule has 3 N–H and O–H groups in total. The third-order valence-corrected chi connectivity index (χ3v) is 5.49. The lowest BCUT2D eigenvalue weighted by molar-refractivity contribution is -0.893. The number of benzene rings is 3. The lowest BCUT2D eigenvalue weighted by Gasteiger charge is -2.24. The molecule has 0 aliphatic carbocycles. The molecule has 3 aromatic carbocycles. The van der Waals surface area contributed by atoms with Crippen molar-refractivity contribution < 1.29 is 14.5 Å². The van der Waals surface area contributed by atoms with Gasteiger partial charge in [0.05, 0.1) is 12.7 Å². The third-order valence-electron chi connectivity index (χ3n) is 4.79. The molecule has 0 fully saturated rings. The normalized spacial score (nSPS) is 12.6. The van der Waals surface area contributed by atoms with Crippen LogP contribution in [0.5, 0.6) is 0 Å². The number of hydrogen-bond acceptors (Lipinski definition) is 2. The maximum absolute atomic E-state index is 13.2. The van der Waals surface area contributed by atoms with Crippen LogP contribution < -0.4 is 15.5 Å². The second kappa shape index (κ2) is 10.2. The van der Waals surface area contributed by atoms with Crippen LogP contribution in [0.25, 0.3) is 0 Å². The number of rotatable bonds is 7. The summed E-state index contributed by atoms with van der Waals surface area (Å²) >= 11 is 3.44. The Kier molecular flexibility index (Phi) is 7.38. The van der Waals surface area contributed by atoms with Gasteiger partial charge in [0.1, 0.15) is 0 Å². The average molecular weight is 467 g/mol. The molecule has 0 saturated heterocycles.